The van der Waals surface area contributed by atoms with Crippen LogP contribution < -0.4 is 4.90 Å². The summed E-state index contributed by atoms with van der Waals surface area (Å²) in [6.07, 6.45) is 1.22. The maximum atomic E-state index is 9.03. The molecule has 0 bridgehead atoms. The van der Waals surface area contributed by atoms with Crippen LogP contribution in [0.3, 0.4) is 0 Å². The Morgan fingerprint density at radius 1 is 1.56 bits per heavy atom. The third-order valence-electron chi connectivity index (χ3n) is 3.03. The van der Waals surface area contributed by atoms with Gasteiger partial charge in [0, 0.05) is 18.8 Å². The molecule has 0 saturated carbocycles. The Bertz CT molecular complexity index is 366. The van der Waals surface area contributed by atoms with Gasteiger partial charge in [-0.05, 0) is 29.9 Å². The lowest BCUT2D eigenvalue weighted by Gasteiger charge is -2.27. The molecule has 88 valence electrons. The maximum absolute atomic E-state index is 9.03. The summed E-state index contributed by atoms with van der Waals surface area (Å²) in [7, 11) is 2.09. The zero-order chi connectivity index (χ0) is 11.5. The van der Waals surface area contributed by atoms with Gasteiger partial charge < -0.3 is 10.0 Å². The Morgan fingerprint density at radius 2 is 2.38 bits per heavy atom. The van der Waals surface area contributed by atoms with Crippen LogP contribution in [0.15, 0.2) is 18.2 Å². The number of aliphatic hydroxyl groups excluding tert-OH is 1. The summed E-state index contributed by atoms with van der Waals surface area (Å²) in [4.78, 5) is 2.25. The van der Waals surface area contributed by atoms with Crippen molar-refractivity contribution in [1.82, 2.24) is 0 Å². The second-order valence-corrected chi connectivity index (χ2v) is 5.63. The van der Waals surface area contributed by atoms with Crippen molar-refractivity contribution in [2.75, 3.05) is 23.5 Å². The molecule has 1 aromatic rings. The van der Waals surface area contributed by atoms with E-state index in [1.165, 1.54) is 17.9 Å². The van der Waals surface area contributed by atoms with Crippen molar-refractivity contribution in [3.05, 3.63) is 28.8 Å². The molecule has 1 N–H and O–H groups in total. The van der Waals surface area contributed by atoms with Crippen LogP contribution in [-0.4, -0.2) is 29.7 Å². The zero-order valence-electron chi connectivity index (χ0n) is 9.32. The molecule has 2 rings (SSSR count). The molecule has 1 saturated heterocycles. The SMILES string of the molecule is CN(c1ccc(CO)cc1Cl)C1CCSC1. The predicted octanol–water partition coefficient (Wildman–Crippen LogP) is 2.77. The normalized spacial score (nSPS) is 20.1. The number of rotatable bonds is 3. The zero-order valence-corrected chi connectivity index (χ0v) is 10.9. The molecule has 1 unspecified atom stereocenters. The number of benzene rings is 1. The lowest BCUT2D eigenvalue weighted by atomic mass is 10.1. The Labute approximate surface area is 106 Å². The lowest BCUT2D eigenvalue weighted by Crippen LogP contribution is -2.31. The van der Waals surface area contributed by atoms with E-state index >= 15 is 0 Å². The minimum atomic E-state index is 0.0446. The minimum Gasteiger partial charge on any atom is -0.392 e. The van der Waals surface area contributed by atoms with E-state index in [0.29, 0.717) is 6.04 Å². The van der Waals surface area contributed by atoms with Crippen LogP contribution >= 0.6 is 23.4 Å². The van der Waals surface area contributed by atoms with E-state index in [2.05, 4.69) is 11.9 Å². The molecule has 0 radical (unpaired) electrons. The molecule has 4 heteroatoms. The number of hydrogen-bond donors (Lipinski definition) is 1. The molecule has 0 aromatic heterocycles. The van der Waals surface area contributed by atoms with Crippen molar-refractivity contribution in [1.29, 1.82) is 0 Å². The first-order valence-electron chi connectivity index (χ1n) is 5.42. The Hall–Kier alpha value is -0.380. The first-order chi connectivity index (χ1) is 7.72. The molecule has 1 fully saturated rings. The molecule has 16 heavy (non-hydrogen) atoms. The molecule has 0 spiro atoms. The van der Waals surface area contributed by atoms with Crippen LogP contribution in [0.5, 0.6) is 0 Å². The Balaban J connectivity index is 2.19. The molecule has 1 aliphatic heterocycles. The summed E-state index contributed by atoms with van der Waals surface area (Å²) in [5.74, 6) is 2.41. The van der Waals surface area contributed by atoms with Gasteiger partial charge in [-0.1, -0.05) is 17.7 Å². The van der Waals surface area contributed by atoms with Gasteiger partial charge in [0.25, 0.3) is 0 Å². The molecule has 1 aromatic carbocycles. The average Bonchev–Trinajstić information content (AvgIpc) is 2.81. The van der Waals surface area contributed by atoms with Crippen molar-refractivity contribution in [2.24, 2.45) is 0 Å². The third kappa shape index (κ3) is 2.47. The standard InChI is InChI=1S/C12H16ClNOS/c1-14(10-4-5-16-8-10)12-3-2-9(7-15)6-11(12)13/h2-3,6,10,15H,4-5,7-8H2,1H3. The highest BCUT2D eigenvalue weighted by Gasteiger charge is 2.21. The van der Waals surface area contributed by atoms with Gasteiger partial charge in [-0.15, -0.1) is 0 Å². The minimum absolute atomic E-state index is 0.0446. The van der Waals surface area contributed by atoms with E-state index in [-0.39, 0.29) is 6.61 Å². The van der Waals surface area contributed by atoms with E-state index in [1.54, 1.807) is 0 Å². The number of thioether (sulfide) groups is 1. The average molecular weight is 258 g/mol. The molecule has 2 nitrogen and oxygen atoms in total. The second kappa shape index (κ2) is 5.30. The van der Waals surface area contributed by atoms with Crippen molar-refractivity contribution < 1.29 is 5.11 Å². The molecule has 1 atom stereocenters. The van der Waals surface area contributed by atoms with E-state index in [0.717, 1.165) is 16.3 Å². The van der Waals surface area contributed by atoms with Gasteiger partial charge in [-0.2, -0.15) is 11.8 Å². The fraction of sp³-hybridized carbons (Fsp3) is 0.500. The Kier molecular flexibility index (Phi) is 4.00. The van der Waals surface area contributed by atoms with Gasteiger partial charge in [0.05, 0.1) is 17.3 Å². The third-order valence-corrected chi connectivity index (χ3v) is 4.48. The van der Waals surface area contributed by atoms with E-state index in [4.69, 9.17) is 16.7 Å². The number of hydrogen-bond acceptors (Lipinski definition) is 3. The van der Waals surface area contributed by atoms with Gasteiger partial charge in [0.15, 0.2) is 0 Å². The van der Waals surface area contributed by atoms with E-state index in [1.807, 2.05) is 30.0 Å². The second-order valence-electron chi connectivity index (χ2n) is 4.07. The largest absolute Gasteiger partial charge is 0.392 e. The number of nitrogens with zero attached hydrogens (tertiary/aromatic N) is 1. The van der Waals surface area contributed by atoms with Crippen LogP contribution in [0, 0.1) is 0 Å². The van der Waals surface area contributed by atoms with Gasteiger partial charge in [-0.25, -0.2) is 0 Å². The number of halogens is 1. The molecular weight excluding hydrogens is 242 g/mol. The molecule has 1 heterocycles. The summed E-state index contributed by atoms with van der Waals surface area (Å²) < 4.78 is 0. The molecule has 0 amide bonds. The first kappa shape index (κ1) is 12.1. The summed E-state index contributed by atoms with van der Waals surface area (Å²) in [5, 5.41) is 9.76. The van der Waals surface area contributed by atoms with Crippen LogP contribution in [0.2, 0.25) is 5.02 Å². The van der Waals surface area contributed by atoms with Crippen molar-refractivity contribution in [3.8, 4) is 0 Å². The summed E-state index contributed by atoms with van der Waals surface area (Å²) >= 11 is 8.22. The van der Waals surface area contributed by atoms with E-state index in [9.17, 15) is 0 Å². The van der Waals surface area contributed by atoms with Gasteiger partial charge >= 0.3 is 0 Å². The number of anilines is 1. The smallest absolute Gasteiger partial charge is 0.0682 e. The van der Waals surface area contributed by atoms with Crippen molar-refractivity contribution in [3.63, 3.8) is 0 Å². The molecule has 1 aliphatic rings. The van der Waals surface area contributed by atoms with Crippen LogP contribution in [0.25, 0.3) is 0 Å². The van der Waals surface area contributed by atoms with Crippen molar-refractivity contribution in [2.45, 2.75) is 19.1 Å². The predicted molar refractivity (Wildman–Crippen MR) is 71.5 cm³/mol. The summed E-state index contributed by atoms with van der Waals surface area (Å²) in [5.41, 5.74) is 1.93. The Morgan fingerprint density at radius 3 is 2.94 bits per heavy atom. The lowest BCUT2D eigenvalue weighted by molar-refractivity contribution is 0.282. The van der Waals surface area contributed by atoms with Gasteiger partial charge in [0.1, 0.15) is 0 Å². The van der Waals surface area contributed by atoms with Gasteiger partial charge in [0.2, 0.25) is 0 Å². The monoisotopic (exact) mass is 257 g/mol. The van der Waals surface area contributed by atoms with E-state index < -0.39 is 0 Å². The quantitative estimate of drug-likeness (QED) is 0.901. The summed E-state index contributed by atoms with van der Waals surface area (Å²) in [6, 6.07) is 6.36. The van der Waals surface area contributed by atoms with Gasteiger partial charge in [-0.3, -0.25) is 0 Å². The van der Waals surface area contributed by atoms with Crippen LogP contribution in [-0.2, 0) is 6.61 Å². The highest BCUT2D eigenvalue weighted by molar-refractivity contribution is 7.99. The number of aliphatic hydroxyl groups is 1. The van der Waals surface area contributed by atoms with Crippen LogP contribution in [0.4, 0.5) is 5.69 Å². The highest BCUT2D eigenvalue weighted by Crippen LogP contribution is 2.31. The topological polar surface area (TPSA) is 23.5 Å². The van der Waals surface area contributed by atoms with Crippen molar-refractivity contribution >= 4 is 29.1 Å². The molecule has 0 aliphatic carbocycles. The molecular formula is C12H16ClNOS. The fourth-order valence-electron chi connectivity index (χ4n) is 1.96. The van der Waals surface area contributed by atoms with Crippen LogP contribution in [0.1, 0.15) is 12.0 Å². The first-order valence-corrected chi connectivity index (χ1v) is 6.95. The maximum Gasteiger partial charge on any atom is 0.0682 e. The highest BCUT2D eigenvalue weighted by atomic mass is 35.5. The fourth-order valence-corrected chi connectivity index (χ4v) is 3.56. The summed E-state index contributed by atoms with van der Waals surface area (Å²) in [6.45, 7) is 0.0446.